The lowest BCUT2D eigenvalue weighted by Crippen LogP contribution is -2.24. The van der Waals surface area contributed by atoms with Crippen molar-refractivity contribution in [2.24, 2.45) is 0 Å². The van der Waals surface area contributed by atoms with Crippen molar-refractivity contribution >= 4 is 17.3 Å². The minimum atomic E-state index is -0.291. The fourth-order valence-electron chi connectivity index (χ4n) is 1.17. The van der Waals surface area contributed by atoms with Gasteiger partial charge in [-0.1, -0.05) is 0 Å². The molecular formula is C9H10N4OS. The van der Waals surface area contributed by atoms with Crippen molar-refractivity contribution in [3.63, 3.8) is 0 Å². The van der Waals surface area contributed by atoms with Gasteiger partial charge in [0, 0.05) is 7.05 Å². The molecule has 2 aromatic rings. The van der Waals surface area contributed by atoms with Crippen LogP contribution in [-0.2, 0) is 6.54 Å². The lowest BCUT2D eigenvalue weighted by atomic mass is 10.3. The molecule has 0 bridgehead atoms. The Morgan fingerprint density at radius 1 is 1.60 bits per heavy atom. The van der Waals surface area contributed by atoms with Crippen LogP contribution in [0.1, 0.15) is 5.56 Å². The van der Waals surface area contributed by atoms with E-state index in [4.69, 9.17) is 0 Å². The van der Waals surface area contributed by atoms with Gasteiger partial charge in [0.2, 0.25) is 5.95 Å². The number of hydrogen-bond acceptors (Lipinski definition) is 5. The van der Waals surface area contributed by atoms with Gasteiger partial charge in [0.1, 0.15) is 6.33 Å². The molecule has 1 N–H and O–H groups in total. The highest BCUT2D eigenvalue weighted by molar-refractivity contribution is 7.07. The van der Waals surface area contributed by atoms with E-state index in [1.165, 1.54) is 10.9 Å². The zero-order chi connectivity index (χ0) is 10.7. The van der Waals surface area contributed by atoms with Crippen LogP contribution in [0.2, 0.25) is 0 Å². The average molecular weight is 222 g/mol. The number of aromatic nitrogens is 3. The zero-order valence-corrected chi connectivity index (χ0v) is 8.99. The first-order valence-corrected chi connectivity index (χ1v) is 5.36. The summed E-state index contributed by atoms with van der Waals surface area (Å²) in [5.74, 6) is 0.349. The fourth-order valence-corrected chi connectivity index (χ4v) is 1.83. The molecule has 0 saturated heterocycles. The quantitative estimate of drug-likeness (QED) is 0.834. The number of anilines is 1. The highest BCUT2D eigenvalue weighted by atomic mass is 32.1. The molecule has 5 nitrogen and oxygen atoms in total. The van der Waals surface area contributed by atoms with Gasteiger partial charge in [0.05, 0.1) is 6.54 Å². The molecular weight excluding hydrogens is 212 g/mol. The van der Waals surface area contributed by atoms with Gasteiger partial charge in [-0.3, -0.25) is 4.57 Å². The maximum atomic E-state index is 11.5. The number of hydrogen-bond donors (Lipinski definition) is 1. The summed E-state index contributed by atoms with van der Waals surface area (Å²) in [7, 11) is 1.68. The Morgan fingerprint density at radius 2 is 2.47 bits per heavy atom. The van der Waals surface area contributed by atoms with Gasteiger partial charge in [0.25, 0.3) is 0 Å². The third-order valence-electron chi connectivity index (χ3n) is 1.92. The predicted octanol–water partition coefficient (Wildman–Crippen LogP) is 0.790. The van der Waals surface area contributed by atoms with Gasteiger partial charge in [0.15, 0.2) is 0 Å². The number of nitrogens with one attached hydrogen (secondary N) is 1. The summed E-state index contributed by atoms with van der Waals surface area (Å²) in [5.41, 5.74) is 0.795. The van der Waals surface area contributed by atoms with E-state index in [0.717, 1.165) is 5.56 Å². The Labute approximate surface area is 90.4 Å². The van der Waals surface area contributed by atoms with E-state index in [9.17, 15) is 4.79 Å². The van der Waals surface area contributed by atoms with Crippen molar-refractivity contribution in [1.29, 1.82) is 0 Å². The molecule has 0 atom stereocenters. The second-order valence-electron chi connectivity index (χ2n) is 2.97. The summed E-state index contributed by atoms with van der Waals surface area (Å²) in [5, 5.41) is 6.69. The van der Waals surface area contributed by atoms with Gasteiger partial charge >= 0.3 is 5.69 Å². The van der Waals surface area contributed by atoms with Gasteiger partial charge in [-0.15, -0.1) is 0 Å². The van der Waals surface area contributed by atoms with Crippen molar-refractivity contribution < 1.29 is 0 Å². The first kappa shape index (κ1) is 9.85. The molecule has 0 amide bonds. The van der Waals surface area contributed by atoms with Crippen molar-refractivity contribution in [2.75, 3.05) is 12.4 Å². The van der Waals surface area contributed by atoms with Gasteiger partial charge in [-0.05, 0) is 22.4 Å². The van der Waals surface area contributed by atoms with E-state index in [-0.39, 0.29) is 5.69 Å². The van der Waals surface area contributed by atoms with Gasteiger partial charge in [-0.2, -0.15) is 16.3 Å². The Morgan fingerprint density at radius 3 is 3.07 bits per heavy atom. The Bertz CT molecular complexity index is 491. The van der Waals surface area contributed by atoms with E-state index in [2.05, 4.69) is 15.3 Å². The third-order valence-corrected chi connectivity index (χ3v) is 2.66. The maximum absolute atomic E-state index is 11.5. The zero-order valence-electron chi connectivity index (χ0n) is 8.17. The normalized spacial score (nSPS) is 10.2. The third kappa shape index (κ3) is 2.21. The Kier molecular flexibility index (Phi) is 2.77. The molecule has 0 spiro atoms. The minimum absolute atomic E-state index is 0.291. The molecule has 0 fully saturated rings. The standard InChI is InChI=1S/C9H10N4OS/c1-10-8-11-6-13(9(14)12-8)4-7-2-3-15-5-7/h2-3,5-6H,4H2,1H3,(H,10,12,14). The summed E-state index contributed by atoms with van der Waals surface area (Å²) in [6, 6.07) is 1.98. The Hall–Kier alpha value is -1.69. The van der Waals surface area contributed by atoms with Crippen LogP contribution < -0.4 is 11.0 Å². The lowest BCUT2D eigenvalue weighted by molar-refractivity contribution is 0.704. The van der Waals surface area contributed by atoms with Crippen LogP contribution in [0.4, 0.5) is 5.95 Å². The summed E-state index contributed by atoms with van der Waals surface area (Å²) >= 11 is 1.60. The fraction of sp³-hybridized carbons (Fsp3) is 0.222. The molecule has 0 aromatic carbocycles. The number of thiophene rings is 1. The van der Waals surface area contributed by atoms with Crippen molar-refractivity contribution in [3.05, 3.63) is 39.2 Å². The monoisotopic (exact) mass is 222 g/mol. The first-order chi connectivity index (χ1) is 7.29. The van der Waals surface area contributed by atoms with E-state index in [0.29, 0.717) is 12.5 Å². The van der Waals surface area contributed by atoms with Crippen LogP contribution in [0, 0.1) is 0 Å². The lowest BCUT2D eigenvalue weighted by Gasteiger charge is -2.03. The molecule has 0 aliphatic carbocycles. The average Bonchev–Trinajstić information content (AvgIpc) is 2.74. The molecule has 6 heteroatoms. The Balaban J connectivity index is 2.26. The molecule has 0 unspecified atom stereocenters. The topological polar surface area (TPSA) is 59.8 Å². The van der Waals surface area contributed by atoms with Crippen molar-refractivity contribution in [2.45, 2.75) is 6.54 Å². The smallest absolute Gasteiger partial charge is 0.352 e. The molecule has 15 heavy (non-hydrogen) atoms. The molecule has 0 radical (unpaired) electrons. The molecule has 78 valence electrons. The minimum Gasteiger partial charge on any atom is -0.357 e. The van der Waals surface area contributed by atoms with E-state index < -0.39 is 0 Å². The first-order valence-electron chi connectivity index (χ1n) is 4.42. The van der Waals surface area contributed by atoms with Crippen LogP contribution in [0.3, 0.4) is 0 Å². The van der Waals surface area contributed by atoms with E-state index >= 15 is 0 Å². The van der Waals surface area contributed by atoms with Gasteiger partial charge < -0.3 is 5.32 Å². The highest BCUT2D eigenvalue weighted by Gasteiger charge is 2.01. The van der Waals surface area contributed by atoms with Crippen molar-refractivity contribution in [1.82, 2.24) is 14.5 Å². The van der Waals surface area contributed by atoms with Crippen LogP contribution in [-0.4, -0.2) is 21.6 Å². The number of rotatable bonds is 3. The number of nitrogens with zero attached hydrogens (tertiary/aromatic N) is 3. The largest absolute Gasteiger partial charge is 0.357 e. The highest BCUT2D eigenvalue weighted by Crippen LogP contribution is 2.06. The molecule has 0 saturated carbocycles. The molecule has 2 aromatic heterocycles. The molecule has 0 aliphatic heterocycles. The summed E-state index contributed by atoms with van der Waals surface area (Å²) < 4.78 is 1.48. The van der Waals surface area contributed by atoms with Crippen molar-refractivity contribution in [3.8, 4) is 0 Å². The van der Waals surface area contributed by atoms with Crippen LogP contribution in [0.5, 0.6) is 0 Å². The maximum Gasteiger partial charge on any atom is 0.352 e. The van der Waals surface area contributed by atoms with Crippen LogP contribution in [0.25, 0.3) is 0 Å². The van der Waals surface area contributed by atoms with Gasteiger partial charge in [-0.25, -0.2) is 9.78 Å². The van der Waals surface area contributed by atoms with E-state index in [1.807, 2.05) is 16.8 Å². The SMILES string of the molecule is CNc1ncn(Cc2ccsc2)c(=O)n1. The molecule has 2 rings (SSSR count). The second-order valence-corrected chi connectivity index (χ2v) is 3.75. The molecule has 0 aliphatic rings. The van der Waals surface area contributed by atoms with Crippen LogP contribution in [0.15, 0.2) is 27.9 Å². The van der Waals surface area contributed by atoms with Crippen LogP contribution >= 0.6 is 11.3 Å². The summed E-state index contributed by atoms with van der Waals surface area (Å²) in [4.78, 5) is 19.2. The predicted molar refractivity (Wildman–Crippen MR) is 59.3 cm³/mol. The van der Waals surface area contributed by atoms with E-state index in [1.54, 1.807) is 18.4 Å². The summed E-state index contributed by atoms with van der Waals surface area (Å²) in [6.45, 7) is 0.520. The summed E-state index contributed by atoms with van der Waals surface area (Å²) in [6.07, 6.45) is 1.50. The molecule has 2 heterocycles. The second kappa shape index (κ2) is 4.22.